The van der Waals surface area contributed by atoms with Gasteiger partial charge in [-0.2, -0.15) is 0 Å². The summed E-state index contributed by atoms with van der Waals surface area (Å²) in [5, 5.41) is 0. The number of rotatable bonds is 5. The molecule has 4 fully saturated rings. The zero-order valence-corrected chi connectivity index (χ0v) is 27.6. The fourth-order valence-electron chi connectivity index (χ4n) is 10.4. The van der Waals surface area contributed by atoms with Crippen LogP contribution in [0.15, 0.2) is 34.4 Å². The van der Waals surface area contributed by atoms with Crippen molar-refractivity contribution in [1.29, 1.82) is 0 Å². The summed E-state index contributed by atoms with van der Waals surface area (Å²) in [6, 6.07) is 0. The second-order valence-electron chi connectivity index (χ2n) is 14.5. The summed E-state index contributed by atoms with van der Waals surface area (Å²) in [6.45, 7) is 15.8. The van der Waals surface area contributed by atoms with Crippen molar-refractivity contribution in [2.45, 2.75) is 105 Å². The average Bonchev–Trinajstić information content (AvgIpc) is 3.62. The van der Waals surface area contributed by atoms with E-state index >= 15 is 0 Å². The van der Waals surface area contributed by atoms with Gasteiger partial charge in [-0.1, -0.05) is 32.4 Å². The number of carbonyl (C=O) groups excluding carboxylic acids is 4. The quantitative estimate of drug-likeness (QED) is 0.188. The Kier molecular flexibility index (Phi) is 7.87. The zero-order valence-electron chi connectivity index (χ0n) is 27.6. The molecule has 0 N–H and O–H groups in total. The van der Waals surface area contributed by atoms with Gasteiger partial charge in [0.15, 0.2) is 0 Å². The molecule has 45 heavy (non-hydrogen) atoms. The molecule has 0 amide bonds. The third-order valence-corrected chi connectivity index (χ3v) is 12.3. The number of ether oxygens (including phenoxy) is 6. The van der Waals surface area contributed by atoms with Crippen molar-refractivity contribution in [3.05, 3.63) is 34.4 Å². The van der Waals surface area contributed by atoms with E-state index in [0.29, 0.717) is 43.6 Å². The normalized spacial score (nSPS) is 43.8. The van der Waals surface area contributed by atoms with E-state index in [0.717, 1.165) is 11.1 Å². The first-order valence-electron chi connectivity index (χ1n) is 16.2. The Morgan fingerprint density at radius 2 is 1.67 bits per heavy atom. The van der Waals surface area contributed by atoms with E-state index in [9.17, 15) is 19.2 Å². The molecule has 0 aromatic heterocycles. The van der Waals surface area contributed by atoms with Crippen molar-refractivity contribution in [2.24, 2.45) is 34.0 Å². The van der Waals surface area contributed by atoms with Gasteiger partial charge in [-0.3, -0.25) is 9.59 Å². The predicted molar refractivity (Wildman–Crippen MR) is 160 cm³/mol. The fraction of sp³-hybridized carbons (Fsp3) is 0.714. The number of esters is 4. The molecular formula is C35H46O10. The van der Waals surface area contributed by atoms with Gasteiger partial charge >= 0.3 is 23.9 Å². The molecule has 0 unspecified atom stereocenters. The molecular weight excluding hydrogens is 580 g/mol. The highest BCUT2D eigenvalue weighted by atomic mass is 16.6. The molecule has 2 saturated heterocycles. The van der Waals surface area contributed by atoms with E-state index in [1.54, 1.807) is 19.9 Å². The molecule has 0 aromatic rings. The van der Waals surface area contributed by atoms with Gasteiger partial charge in [0.2, 0.25) is 0 Å². The lowest BCUT2D eigenvalue weighted by Gasteiger charge is -2.66. The van der Waals surface area contributed by atoms with Crippen molar-refractivity contribution < 1.29 is 47.6 Å². The van der Waals surface area contributed by atoms with E-state index in [1.165, 1.54) is 13.8 Å². The van der Waals surface area contributed by atoms with Crippen molar-refractivity contribution in [3.8, 4) is 0 Å². The smallest absolute Gasteiger partial charge is 0.334 e. The summed E-state index contributed by atoms with van der Waals surface area (Å²) in [5.41, 5.74) is 1.06. The second-order valence-corrected chi connectivity index (χ2v) is 14.5. The lowest BCUT2D eigenvalue weighted by Crippen LogP contribution is -2.72. The van der Waals surface area contributed by atoms with Gasteiger partial charge in [-0.15, -0.1) is 0 Å². The number of hydrogen-bond donors (Lipinski definition) is 0. The van der Waals surface area contributed by atoms with Crippen LogP contribution < -0.4 is 0 Å². The van der Waals surface area contributed by atoms with Crippen molar-refractivity contribution >= 4 is 23.9 Å². The van der Waals surface area contributed by atoms with E-state index in [1.807, 2.05) is 6.08 Å². The van der Waals surface area contributed by atoms with Crippen LogP contribution in [-0.2, 0) is 47.6 Å². The van der Waals surface area contributed by atoms with Crippen LogP contribution in [0.3, 0.4) is 0 Å². The molecule has 3 aliphatic carbocycles. The van der Waals surface area contributed by atoms with E-state index < -0.39 is 58.6 Å². The second kappa shape index (κ2) is 11.1. The molecule has 3 heterocycles. The summed E-state index contributed by atoms with van der Waals surface area (Å²) < 4.78 is 37.3. The minimum atomic E-state index is -0.805. The van der Waals surface area contributed by atoms with Crippen LogP contribution in [0.25, 0.3) is 0 Å². The summed E-state index contributed by atoms with van der Waals surface area (Å²) in [7, 11) is 0. The van der Waals surface area contributed by atoms with Crippen LogP contribution in [0.2, 0.25) is 0 Å². The van der Waals surface area contributed by atoms with Crippen LogP contribution in [0.5, 0.6) is 0 Å². The standard InChI is InChI=1S/C35H46O10/c1-9-17(2)31(38)45-30-28-29-33(6,16-42-28)25(43-19(4)36)15-26(44-20(5)37)34(29,7)24-11-13-40-23-14-22(21-10-12-41-32(21)39)18(3)27(23)35(24,30)8/h9-10,22-26,28-30H,11-16H2,1-8H3/b17-9+/t22-,23+,24-,25-,26+,28-,29+,30-,33-,34+,35-/m1/s1. The van der Waals surface area contributed by atoms with Crippen LogP contribution >= 0.6 is 0 Å². The maximum atomic E-state index is 13.6. The highest BCUT2D eigenvalue weighted by Crippen LogP contribution is 2.72. The Morgan fingerprint density at radius 1 is 0.978 bits per heavy atom. The molecule has 0 spiro atoms. The largest absolute Gasteiger partial charge is 0.462 e. The van der Waals surface area contributed by atoms with Crippen LogP contribution in [0.4, 0.5) is 0 Å². The number of allylic oxidation sites excluding steroid dienone is 2. The molecule has 11 atom stereocenters. The lowest BCUT2D eigenvalue weighted by atomic mass is 9.39. The number of carbonyl (C=O) groups is 4. The first-order chi connectivity index (χ1) is 21.2. The molecule has 6 aliphatic rings. The first-order valence-corrected chi connectivity index (χ1v) is 16.2. The number of fused-ring (bicyclic) bond motifs is 4. The Morgan fingerprint density at radius 3 is 2.29 bits per heavy atom. The number of hydrogen-bond acceptors (Lipinski definition) is 10. The van der Waals surface area contributed by atoms with Gasteiger partial charge in [0.25, 0.3) is 0 Å². The van der Waals surface area contributed by atoms with Gasteiger partial charge in [0.1, 0.15) is 24.9 Å². The van der Waals surface area contributed by atoms with Gasteiger partial charge in [0.05, 0.1) is 18.8 Å². The first kappa shape index (κ1) is 32.0. The lowest BCUT2D eigenvalue weighted by molar-refractivity contribution is -0.258. The summed E-state index contributed by atoms with van der Waals surface area (Å²) in [5.74, 6) is -2.21. The molecule has 246 valence electrons. The van der Waals surface area contributed by atoms with Crippen LogP contribution in [0.1, 0.15) is 74.7 Å². The minimum Gasteiger partial charge on any atom is -0.462 e. The Balaban J connectivity index is 1.58. The van der Waals surface area contributed by atoms with E-state index in [2.05, 4.69) is 27.7 Å². The maximum absolute atomic E-state index is 13.6. The van der Waals surface area contributed by atoms with Gasteiger partial charge in [0, 0.05) is 66.1 Å². The Bertz CT molecular complexity index is 1410. The van der Waals surface area contributed by atoms with E-state index in [4.69, 9.17) is 28.4 Å². The summed E-state index contributed by atoms with van der Waals surface area (Å²) >= 11 is 0. The van der Waals surface area contributed by atoms with E-state index in [-0.39, 0.29) is 36.4 Å². The minimum absolute atomic E-state index is 0.183. The molecule has 0 radical (unpaired) electrons. The molecule has 10 heteroatoms. The molecule has 3 aliphatic heterocycles. The Hall–Kier alpha value is -2.98. The molecule has 10 nitrogen and oxygen atoms in total. The Labute approximate surface area is 264 Å². The molecule has 6 rings (SSSR count). The van der Waals surface area contributed by atoms with Crippen LogP contribution in [-0.4, -0.2) is 74.2 Å². The molecule has 0 bridgehead atoms. The topological polar surface area (TPSA) is 124 Å². The fourth-order valence-corrected chi connectivity index (χ4v) is 10.4. The average molecular weight is 627 g/mol. The SMILES string of the molecule is C/C=C(\C)C(=O)O[C@@H]1[C@@H]2OC[C@]3(C)[C@H](OC(C)=O)C[C@H](OC(C)=O)[C@@](C)([C@@H]23)[C@H]2CCO[C@H]3C[C@@H](C4=CCOC4=O)C(C)=C3[C@]12C. The molecule has 0 aromatic carbocycles. The highest BCUT2D eigenvalue weighted by Gasteiger charge is 2.77. The van der Waals surface area contributed by atoms with Gasteiger partial charge in [-0.25, -0.2) is 9.59 Å². The number of cyclic esters (lactones) is 1. The van der Waals surface area contributed by atoms with Crippen LogP contribution in [0, 0.1) is 34.0 Å². The monoisotopic (exact) mass is 626 g/mol. The summed E-state index contributed by atoms with van der Waals surface area (Å²) in [4.78, 5) is 51.4. The maximum Gasteiger partial charge on any atom is 0.334 e. The highest BCUT2D eigenvalue weighted by molar-refractivity contribution is 5.92. The van der Waals surface area contributed by atoms with Crippen molar-refractivity contribution in [3.63, 3.8) is 0 Å². The third-order valence-electron chi connectivity index (χ3n) is 12.3. The van der Waals surface area contributed by atoms with Crippen molar-refractivity contribution in [1.82, 2.24) is 0 Å². The molecule has 2 saturated carbocycles. The summed E-state index contributed by atoms with van der Waals surface area (Å²) in [6.07, 6.45) is 2.36. The van der Waals surface area contributed by atoms with Crippen molar-refractivity contribution in [2.75, 3.05) is 19.8 Å². The van der Waals surface area contributed by atoms with Gasteiger partial charge < -0.3 is 28.4 Å². The zero-order chi connectivity index (χ0) is 32.6. The third kappa shape index (κ3) is 4.56. The van der Waals surface area contributed by atoms with Gasteiger partial charge in [-0.05, 0) is 51.2 Å². The predicted octanol–water partition coefficient (Wildman–Crippen LogP) is 4.40.